The van der Waals surface area contributed by atoms with Gasteiger partial charge in [0, 0.05) is 11.8 Å². The molecule has 1 amide bonds. The Kier molecular flexibility index (Phi) is 6.38. The van der Waals surface area contributed by atoms with Gasteiger partial charge in [0.25, 0.3) is 5.91 Å². The topological polar surface area (TPSA) is 102 Å². The molecular formula is C29H26ClNO8. The molecule has 202 valence electrons. The molecule has 39 heavy (non-hydrogen) atoms. The number of fused-ring (bicyclic) bond motifs is 3. The molecule has 2 aliphatic heterocycles. The fourth-order valence-corrected chi connectivity index (χ4v) is 6.11. The smallest absolute Gasteiger partial charge is 0.310 e. The highest BCUT2D eigenvalue weighted by Crippen LogP contribution is 2.55. The maximum absolute atomic E-state index is 13.4. The largest absolute Gasteiger partial charge is 0.493 e. The zero-order valence-corrected chi connectivity index (χ0v) is 22.2. The van der Waals surface area contributed by atoms with E-state index in [1.54, 1.807) is 38.5 Å². The highest BCUT2D eigenvalue weighted by Gasteiger charge is 2.53. The van der Waals surface area contributed by atoms with E-state index in [1.807, 2.05) is 24.3 Å². The molecule has 0 radical (unpaired) electrons. The number of carbonyl (C=O) groups is 2. The van der Waals surface area contributed by atoms with E-state index in [0.717, 1.165) is 16.7 Å². The molecule has 3 aromatic carbocycles. The SMILES string of the molecule is COc1cc([C@@H]2c3cc4c(cc3[C@@H](NC(=O)c3ccccc3Cl)[C@H]3COC(=O)C23)OCO4)cc(OC)c1OC. The number of ether oxygens (including phenoxy) is 6. The third kappa shape index (κ3) is 4.08. The number of cyclic esters (lactones) is 1. The highest BCUT2D eigenvalue weighted by atomic mass is 35.5. The molecule has 2 heterocycles. The number of esters is 1. The van der Waals surface area contributed by atoms with Gasteiger partial charge in [0.2, 0.25) is 12.5 Å². The Hall–Kier alpha value is -4.11. The van der Waals surface area contributed by atoms with Crippen LogP contribution in [0.25, 0.3) is 0 Å². The van der Waals surface area contributed by atoms with E-state index in [0.29, 0.717) is 39.3 Å². The van der Waals surface area contributed by atoms with Gasteiger partial charge in [0.15, 0.2) is 23.0 Å². The van der Waals surface area contributed by atoms with Gasteiger partial charge in [-0.25, -0.2) is 0 Å². The number of hydrogen-bond donors (Lipinski definition) is 1. The lowest BCUT2D eigenvalue weighted by Gasteiger charge is -2.39. The van der Waals surface area contributed by atoms with Crippen LogP contribution in [0.5, 0.6) is 28.7 Å². The van der Waals surface area contributed by atoms with Crippen LogP contribution in [0.15, 0.2) is 48.5 Å². The van der Waals surface area contributed by atoms with Crippen LogP contribution in [-0.2, 0) is 9.53 Å². The van der Waals surface area contributed by atoms with Gasteiger partial charge in [-0.2, -0.15) is 0 Å². The van der Waals surface area contributed by atoms with E-state index in [-0.39, 0.29) is 31.2 Å². The first-order valence-electron chi connectivity index (χ1n) is 12.4. The van der Waals surface area contributed by atoms with Gasteiger partial charge in [-0.15, -0.1) is 0 Å². The van der Waals surface area contributed by atoms with E-state index in [2.05, 4.69) is 5.32 Å². The minimum atomic E-state index is -0.600. The summed E-state index contributed by atoms with van der Waals surface area (Å²) in [7, 11) is 4.62. The third-order valence-electron chi connectivity index (χ3n) is 7.64. The molecule has 0 saturated carbocycles. The van der Waals surface area contributed by atoms with Crippen molar-refractivity contribution in [2.45, 2.75) is 12.0 Å². The Balaban J connectivity index is 1.53. The fraction of sp³-hybridized carbons (Fsp3) is 0.310. The lowest BCUT2D eigenvalue weighted by Crippen LogP contribution is -2.42. The van der Waals surface area contributed by atoms with Crippen LogP contribution in [0.3, 0.4) is 0 Å². The van der Waals surface area contributed by atoms with Crippen molar-refractivity contribution >= 4 is 23.5 Å². The second-order valence-corrected chi connectivity index (χ2v) is 9.93. The molecule has 6 rings (SSSR count). The summed E-state index contributed by atoms with van der Waals surface area (Å²) in [5.74, 6) is 0.399. The zero-order chi connectivity index (χ0) is 27.3. The van der Waals surface area contributed by atoms with E-state index in [1.165, 1.54) is 7.11 Å². The van der Waals surface area contributed by atoms with Crippen molar-refractivity contribution < 1.29 is 38.0 Å². The first kappa shape index (κ1) is 25.2. The Bertz CT molecular complexity index is 1450. The maximum atomic E-state index is 13.4. The quantitative estimate of drug-likeness (QED) is 0.447. The third-order valence-corrected chi connectivity index (χ3v) is 7.97. The molecule has 1 fully saturated rings. The Morgan fingerprint density at radius 2 is 1.59 bits per heavy atom. The molecule has 10 heteroatoms. The van der Waals surface area contributed by atoms with Gasteiger partial charge in [0.05, 0.1) is 50.5 Å². The van der Waals surface area contributed by atoms with Gasteiger partial charge in [-0.1, -0.05) is 23.7 Å². The van der Waals surface area contributed by atoms with E-state index < -0.39 is 17.9 Å². The van der Waals surface area contributed by atoms with Gasteiger partial charge >= 0.3 is 5.97 Å². The number of rotatable bonds is 6. The lowest BCUT2D eigenvalue weighted by molar-refractivity contribution is -0.141. The summed E-state index contributed by atoms with van der Waals surface area (Å²) in [5.41, 5.74) is 2.72. The Labute approximate surface area is 229 Å². The zero-order valence-electron chi connectivity index (χ0n) is 21.5. The molecule has 1 saturated heterocycles. The van der Waals surface area contributed by atoms with Crippen LogP contribution in [0.4, 0.5) is 0 Å². The van der Waals surface area contributed by atoms with Crippen LogP contribution in [0.2, 0.25) is 5.02 Å². The van der Waals surface area contributed by atoms with Crippen LogP contribution < -0.4 is 29.0 Å². The van der Waals surface area contributed by atoms with E-state index in [4.69, 9.17) is 40.0 Å². The number of nitrogens with one attached hydrogen (secondary N) is 1. The molecule has 1 unspecified atom stereocenters. The van der Waals surface area contributed by atoms with Crippen molar-refractivity contribution in [2.75, 3.05) is 34.7 Å². The van der Waals surface area contributed by atoms with E-state index in [9.17, 15) is 9.59 Å². The minimum absolute atomic E-state index is 0.0820. The van der Waals surface area contributed by atoms with Crippen LogP contribution in [0, 0.1) is 11.8 Å². The van der Waals surface area contributed by atoms with Crippen molar-refractivity contribution in [3.05, 3.63) is 75.8 Å². The van der Waals surface area contributed by atoms with Crippen molar-refractivity contribution in [1.29, 1.82) is 0 Å². The van der Waals surface area contributed by atoms with Crippen molar-refractivity contribution in [3.8, 4) is 28.7 Å². The molecule has 4 atom stereocenters. The molecule has 1 aliphatic carbocycles. The average molecular weight is 552 g/mol. The molecule has 0 spiro atoms. The molecule has 3 aliphatic rings. The average Bonchev–Trinajstić information content (AvgIpc) is 3.57. The highest BCUT2D eigenvalue weighted by molar-refractivity contribution is 6.33. The summed E-state index contributed by atoms with van der Waals surface area (Å²) in [5, 5.41) is 3.46. The normalized spacial score (nSPS) is 22.4. The standard InChI is InChI=1S/C29H26ClNO8/c1-34-22-8-14(9-23(35-2)27(22)36-3)24-16-10-20-21(39-13-38-20)11-17(16)26(18-12-37-29(33)25(18)24)31-28(32)15-6-4-5-7-19(15)30/h4-11,18,24-26H,12-13H2,1-3H3,(H,31,32)/t18-,24+,25?,26+/m0/s1. The van der Waals surface area contributed by atoms with Crippen LogP contribution in [-0.4, -0.2) is 46.6 Å². The van der Waals surface area contributed by atoms with Gasteiger partial charge in [0.1, 0.15) is 0 Å². The summed E-state index contributed by atoms with van der Waals surface area (Å²) in [6.45, 7) is 0.227. The van der Waals surface area contributed by atoms with Crippen molar-refractivity contribution in [2.24, 2.45) is 11.8 Å². The minimum Gasteiger partial charge on any atom is -0.493 e. The molecule has 0 bridgehead atoms. The summed E-state index contributed by atoms with van der Waals surface area (Å²) < 4.78 is 33.7. The van der Waals surface area contributed by atoms with Crippen molar-refractivity contribution in [3.63, 3.8) is 0 Å². The maximum Gasteiger partial charge on any atom is 0.310 e. The first-order chi connectivity index (χ1) is 18.9. The van der Waals surface area contributed by atoms with Gasteiger partial charge < -0.3 is 33.7 Å². The second-order valence-electron chi connectivity index (χ2n) is 9.52. The van der Waals surface area contributed by atoms with Gasteiger partial charge in [-0.3, -0.25) is 9.59 Å². The molecule has 3 aromatic rings. The number of benzene rings is 3. The number of halogens is 1. The van der Waals surface area contributed by atoms with Gasteiger partial charge in [-0.05, 0) is 53.1 Å². The summed E-state index contributed by atoms with van der Waals surface area (Å²) >= 11 is 6.32. The number of methoxy groups -OCH3 is 3. The summed E-state index contributed by atoms with van der Waals surface area (Å²) in [6.07, 6.45) is 0. The number of hydrogen-bond acceptors (Lipinski definition) is 8. The van der Waals surface area contributed by atoms with E-state index >= 15 is 0 Å². The Morgan fingerprint density at radius 3 is 2.23 bits per heavy atom. The second kappa shape index (κ2) is 9.89. The monoisotopic (exact) mass is 551 g/mol. The molecule has 0 aromatic heterocycles. The summed E-state index contributed by atoms with van der Waals surface area (Å²) in [6, 6.07) is 13.7. The fourth-order valence-electron chi connectivity index (χ4n) is 5.89. The van der Waals surface area contributed by atoms with Crippen LogP contribution in [0.1, 0.15) is 39.0 Å². The summed E-state index contributed by atoms with van der Waals surface area (Å²) in [4.78, 5) is 26.7. The number of amides is 1. The molecule has 9 nitrogen and oxygen atoms in total. The number of carbonyl (C=O) groups excluding carboxylic acids is 2. The molecular weight excluding hydrogens is 526 g/mol. The first-order valence-corrected chi connectivity index (χ1v) is 12.8. The predicted octanol–water partition coefficient (Wildman–Crippen LogP) is 4.50. The van der Waals surface area contributed by atoms with Crippen molar-refractivity contribution in [1.82, 2.24) is 5.32 Å². The Morgan fingerprint density at radius 1 is 0.923 bits per heavy atom. The van der Waals surface area contributed by atoms with Crippen LogP contribution >= 0.6 is 11.6 Å². The predicted molar refractivity (Wildman–Crippen MR) is 140 cm³/mol. The molecule has 1 N–H and O–H groups in total. The lowest BCUT2D eigenvalue weighted by atomic mass is 9.65.